The van der Waals surface area contributed by atoms with Crippen LogP contribution in [0, 0.1) is 6.92 Å². The molecule has 0 unspecified atom stereocenters. The van der Waals surface area contributed by atoms with Crippen molar-refractivity contribution < 1.29 is 19.0 Å². The SMILES string of the molecule is COc1ccccc1N1CCN(CCCOc2cc(C(=O)c3c[nH]c4ccccc34)ccc2OCc2ccc(C)cc2)CC1. The molecule has 7 heteroatoms. The number of anilines is 1. The fourth-order valence-corrected chi connectivity index (χ4v) is 5.72. The minimum absolute atomic E-state index is 0.0506. The molecule has 1 fully saturated rings. The fraction of sp³-hybridized carbons (Fsp3) is 0.270. The Balaban J connectivity index is 1.10. The lowest BCUT2D eigenvalue weighted by atomic mass is 10.0. The summed E-state index contributed by atoms with van der Waals surface area (Å²) >= 11 is 0. The molecule has 1 aliphatic heterocycles. The quantitative estimate of drug-likeness (QED) is 0.126. The zero-order chi connectivity index (χ0) is 30.3. The van der Waals surface area contributed by atoms with Crippen LogP contribution in [0.25, 0.3) is 10.9 Å². The molecule has 1 saturated heterocycles. The Labute approximate surface area is 259 Å². The second-order valence-corrected chi connectivity index (χ2v) is 11.2. The van der Waals surface area contributed by atoms with Crippen LogP contribution in [0.3, 0.4) is 0 Å². The number of hydrogen-bond donors (Lipinski definition) is 1. The summed E-state index contributed by atoms with van der Waals surface area (Å²) in [6.45, 7) is 7.83. The lowest BCUT2D eigenvalue weighted by Gasteiger charge is -2.36. The number of aromatic nitrogens is 1. The molecule has 0 amide bonds. The van der Waals surface area contributed by atoms with Crippen molar-refractivity contribution in [3.8, 4) is 17.2 Å². The molecule has 0 atom stereocenters. The number of nitrogens with zero attached hydrogens (tertiary/aromatic N) is 2. The van der Waals surface area contributed by atoms with Crippen molar-refractivity contribution in [2.45, 2.75) is 20.0 Å². The number of ketones is 1. The maximum Gasteiger partial charge on any atom is 0.195 e. The Morgan fingerprint density at radius 1 is 0.818 bits per heavy atom. The van der Waals surface area contributed by atoms with Crippen LogP contribution in [-0.2, 0) is 6.61 Å². The number of fused-ring (bicyclic) bond motifs is 1. The first kappa shape index (κ1) is 29.3. The minimum atomic E-state index is -0.0506. The van der Waals surface area contributed by atoms with E-state index in [2.05, 4.69) is 58.1 Å². The first-order valence-corrected chi connectivity index (χ1v) is 15.3. The highest BCUT2D eigenvalue weighted by Gasteiger charge is 2.20. The molecule has 44 heavy (non-hydrogen) atoms. The third-order valence-electron chi connectivity index (χ3n) is 8.23. The summed E-state index contributed by atoms with van der Waals surface area (Å²) in [5.41, 5.74) is 5.59. The van der Waals surface area contributed by atoms with Crippen molar-refractivity contribution >= 4 is 22.4 Å². The number of rotatable bonds is 12. The number of ether oxygens (including phenoxy) is 3. The Kier molecular flexibility index (Phi) is 9.13. The molecule has 1 aromatic heterocycles. The van der Waals surface area contributed by atoms with Crippen LogP contribution in [0.1, 0.15) is 33.5 Å². The van der Waals surface area contributed by atoms with E-state index in [1.165, 1.54) is 5.56 Å². The van der Waals surface area contributed by atoms with Crippen LogP contribution in [-0.4, -0.2) is 62.1 Å². The second kappa shape index (κ2) is 13.7. The third kappa shape index (κ3) is 6.74. The first-order chi connectivity index (χ1) is 21.6. The molecule has 1 aliphatic rings. The van der Waals surface area contributed by atoms with Crippen molar-refractivity contribution in [2.75, 3.05) is 51.3 Å². The van der Waals surface area contributed by atoms with Gasteiger partial charge in [-0.15, -0.1) is 0 Å². The molecule has 1 N–H and O–H groups in total. The van der Waals surface area contributed by atoms with E-state index in [1.54, 1.807) is 13.3 Å². The normalized spacial score (nSPS) is 13.6. The van der Waals surface area contributed by atoms with Crippen molar-refractivity contribution in [3.05, 3.63) is 119 Å². The monoisotopic (exact) mass is 589 g/mol. The van der Waals surface area contributed by atoms with Gasteiger partial charge in [-0.2, -0.15) is 0 Å². The van der Waals surface area contributed by atoms with E-state index in [0.717, 1.165) is 67.0 Å². The van der Waals surface area contributed by atoms with Gasteiger partial charge in [0, 0.05) is 61.0 Å². The molecule has 226 valence electrons. The Morgan fingerprint density at radius 3 is 2.41 bits per heavy atom. The first-order valence-electron chi connectivity index (χ1n) is 15.3. The van der Waals surface area contributed by atoms with Crippen molar-refractivity contribution in [2.24, 2.45) is 0 Å². The molecule has 0 aliphatic carbocycles. The van der Waals surface area contributed by atoms with Crippen LogP contribution in [0.4, 0.5) is 5.69 Å². The number of hydrogen-bond acceptors (Lipinski definition) is 6. The smallest absolute Gasteiger partial charge is 0.195 e. The van der Waals surface area contributed by atoms with Gasteiger partial charge >= 0.3 is 0 Å². The molecule has 0 bridgehead atoms. The highest BCUT2D eigenvalue weighted by Crippen LogP contribution is 2.32. The number of aromatic amines is 1. The van der Waals surface area contributed by atoms with Gasteiger partial charge in [-0.1, -0.05) is 60.2 Å². The number of H-pyrrole nitrogens is 1. The summed E-state index contributed by atoms with van der Waals surface area (Å²) in [6, 6.07) is 29.8. The average molecular weight is 590 g/mol. The zero-order valence-corrected chi connectivity index (χ0v) is 25.4. The van der Waals surface area contributed by atoms with Crippen molar-refractivity contribution in [3.63, 3.8) is 0 Å². The fourth-order valence-electron chi connectivity index (χ4n) is 5.72. The van der Waals surface area contributed by atoms with E-state index in [-0.39, 0.29) is 5.78 Å². The number of methoxy groups -OCH3 is 1. The van der Waals surface area contributed by atoms with Crippen molar-refractivity contribution in [1.82, 2.24) is 9.88 Å². The predicted molar refractivity (Wildman–Crippen MR) is 175 cm³/mol. The highest BCUT2D eigenvalue weighted by atomic mass is 16.5. The summed E-state index contributed by atoms with van der Waals surface area (Å²) in [7, 11) is 1.72. The zero-order valence-electron chi connectivity index (χ0n) is 25.4. The number of piperazine rings is 1. The van der Waals surface area contributed by atoms with Crippen molar-refractivity contribution in [1.29, 1.82) is 0 Å². The molecule has 7 nitrogen and oxygen atoms in total. The number of para-hydroxylation sites is 3. The molecule has 6 rings (SSSR count). The van der Waals surface area contributed by atoms with Gasteiger partial charge in [-0.3, -0.25) is 9.69 Å². The van der Waals surface area contributed by atoms with Gasteiger partial charge in [0.15, 0.2) is 17.3 Å². The molecule has 5 aromatic rings. The Morgan fingerprint density at radius 2 is 1.59 bits per heavy atom. The largest absolute Gasteiger partial charge is 0.495 e. The third-order valence-corrected chi connectivity index (χ3v) is 8.23. The maximum absolute atomic E-state index is 13.6. The Hall–Kier alpha value is -4.75. The van der Waals surface area contributed by atoms with Gasteiger partial charge in [-0.05, 0) is 55.3 Å². The van der Waals surface area contributed by atoms with Gasteiger partial charge in [0.25, 0.3) is 0 Å². The summed E-state index contributed by atoms with van der Waals surface area (Å²) in [4.78, 5) is 21.6. The second-order valence-electron chi connectivity index (χ2n) is 11.2. The van der Waals surface area contributed by atoms with Gasteiger partial charge in [0.05, 0.1) is 19.4 Å². The van der Waals surface area contributed by atoms with Crippen LogP contribution in [0.2, 0.25) is 0 Å². The molecule has 2 heterocycles. The number of aryl methyl sites for hydroxylation is 1. The van der Waals surface area contributed by atoms with Crippen LogP contribution >= 0.6 is 0 Å². The molecule has 4 aromatic carbocycles. The maximum atomic E-state index is 13.6. The van der Waals surface area contributed by atoms with E-state index < -0.39 is 0 Å². The van der Waals surface area contributed by atoms with E-state index in [1.807, 2.05) is 54.6 Å². The summed E-state index contributed by atoms with van der Waals surface area (Å²) in [6.07, 6.45) is 2.65. The van der Waals surface area contributed by atoms with Crippen LogP contribution in [0.15, 0.2) is 97.2 Å². The highest BCUT2D eigenvalue weighted by molar-refractivity contribution is 6.16. The van der Waals surface area contributed by atoms with E-state index in [0.29, 0.717) is 35.8 Å². The molecule has 0 saturated carbocycles. The number of benzene rings is 4. The molecule has 0 radical (unpaired) electrons. The lowest BCUT2D eigenvalue weighted by molar-refractivity contribution is 0.103. The van der Waals surface area contributed by atoms with E-state index in [9.17, 15) is 4.79 Å². The van der Waals surface area contributed by atoms with Crippen LogP contribution < -0.4 is 19.1 Å². The topological polar surface area (TPSA) is 67.0 Å². The van der Waals surface area contributed by atoms with Gasteiger partial charge in [-0.25, -0.2) is 0 Å². The van der Waals surface area contributed by atoms with Crippen LogP contribution in [0.5, 0.6) is 17.2 Å². The summed E-state index contributed by atoms with van der Waals surface area (Å²) in [5.74, 6) is 2.08. The van der Waals surface area contributed by atoms with Gasteiger partial charge in [0.1, 0.15) is 12.4 Å². The lowest BCUT2D eigenvalue weighted by Crippen LogP contribution is -2.46. The van der Waals surface area contributed by atoms with E-state index >= 15 is 0 Å². The Bertz CT molecular complexity index is 1700. The molecule has 0 spiro atoms. The number of carbonyl (C=O) groups excluding carboxylic acids is 1. The van der Waals surface area contributed by atoms with Gasteiger partial charge in [0.2, 0.25) is 0 Å². The summed E-state index contributed by atoms with van der Waals surface area (Å²) < 4.78 is 18.1. The number of nitrogens with one attached hydrogen (secondary N) is 1. The minimum Gasteiger partial charge on any atom is -0.495 e. The number of carbonyl (C=O) groups is 1. The van der Waals surface area contributed by atoms with Gasteiger partial charge < -0.3 is 24.1 Å². The average Bonchev–Trinajstić information content (AvgIpc) is 3.51. The molecular weight excluding hydrogens is 550 g/mol. The predicted octanol–water partition coefficient (Wildman–Crippen LogP) is 6.89. The van der Waals surface area contributed by atoms with E-state index in [4.69, 9.17) is 14.2 Å². The standard InChI is InChI=1S/C37H39N3O4/c1-27-12-14-28(15-13-27)26-44-35-17-16-29(37(41)31-25-38-32-9-4-3-8-30(31)32)24-36(35)43-23-7-18-39-19-21-40(22-20-39)33-10-5-6-11-34(33)42-2/h3-6,8-17,24-25,38H,7,18-23,26H2,1-2H3. The molecular formula is C37H39N3O4. The summed E-state index contributed by atoms with van der Waals surface area (Å²) in [5, 5.41) is 0.908.